The number of methoxy groups -OCH3 is 1. The third-order valence-corrected chi connectivity index (χ3v) is 3.08. The van der Waals surface area contributed by atoms with Gasteiger partial charge in [0.2, 0.25) is 5.91 Å². The molecular weight excluding hydrogens is 236 g/mol. The minimum absolute atomic E-state index is 0.137. The van der Waals surface area contributed by atoms with E-state index in [1.54, 1.807) is 11.8 Å². The highest BCUT2D eigenvalue weighted by Gasteiger charge is 2.36. The molecule has 2 unspecified atom stereocenters. The van der Waals surface area contributed by atoms with E-state index in [0.29, 0.717) is 19.6 Å². The summed E-state index contributed by atoms with van der Waals surface area (Å²) in [5.41, 5.74) is 5.13. The summed E-state index contributed by atoms with van der Waals surface area (Å²) in [7, 11) is 1.30. The molecule has 104 valence electrons. The van der Waals surface area contributed by atoms with Gasteiger partial charge in [-0.25, -0.2) is 4.79 Å². The summed E-state index contributed by atoms with van der Waals surface area (Å²) < 4.78 is 9.89. The molecule has 0 aromatic heterocycles. The van der Waals surface area contributed by atoms with Crippen LogP contribution in [0.2, 0.25) is 0 Å². The molecular formula is C12H22N2O4. The molecule has 1 aliphatic rings. The average Bonchev–Trinajstić information content (AvgIpc) is 2.37. The van der Waals surface area contributed by atoms with Gasteiger partial charge in [0.15, 0.2) is 6.10 Å². The van der Waals surface area contributed by atoms with Crippen molar-refractivity contribution in [2.24, 2.45) is 5.73 Å². The fraction of sp³-hybridized carbons (Fsp3) is 0.833. The number of carbonyl (C=O) groups excluding carboxylic acids is 2. The highest BCUT2D eigenvalue weighted by molar-refractivity contribution is 5.86. The number of nitrogens with zero attached hydrogens (tertiary/aromatic N) is 1. The minimum atomic E-state index is -0.882. The quantitative estimate of drug-likeness (QED) is 0.712. The molecule has 6 heteroatoms. The van der Waals surface area contributed by atoms with Gasteiger partial charge in [0, 0.05) is 6.54 Å². The van der Waals surface area contributed by atoms with Crippen molar-refractivity contribution >= 4 is 11.9 Å². The second-order valence-electron chi connectivity index (χ2n) is 4.80. The molecule has 0 bridgehead atoms. The SMILES string of the molecule is CCCC(C)(N)C(=O)N1CCOC(C(=O)OC)C1. The molecule has 2 N–H and O–H groups in total. The van der Waals surface area contributed by atoms with Crippen LogP contribution in [0.25, 0.3) is 0 Å². The Hall–Kier alpha value is -1.14. The van der Waals surface area contributed by atoms with E-state index in [4.69, 9.17) is 10.5 Å². The summed E-state index contributed by atoms with van der Waals surface area (Å²) in [6.07, 6.45) is 0.750. The third kappa shape index (κ3) is 3.43. The number of hydrogen-bond acceptors (Lipinski definition) is 5. The first-order valence-corrected chi connectivity index (χ1v) is 6.20. The van der Waals surface area contributed by atoms with Crippen molar-refractivity contribution in [2.75, 3.05) is 26.8 Å². The topological polar surface area (TPSA) is 81.9 Å². The van der Waals surface area contributed by atoms with Gasteiger partial charge >= 0.3 is 5.97 Å². The number of hydrogen-bond donors (Lipinski definition) is 1. The molecule has 0 radical (unpaired) electrons. The number of nitrogens with two attached hydrogens (primary N) is 1. The summed E-state index contributed by atoms with van der Waals surface area (Å²) in [6.45, 7) is 4.70. The fourth-order valence-corrected chi connectivity index (χ4v) is 2.10. The Morgan fingerprint density at radius 3 is 2.78 bits per heavy atom. The van der Waals surface area contributed by atoms with Crippen molar-refractivity contribution in [2.45, 2.75) is 38.3 Å². The third-order valence-electron chi connectivity index (χ3n) is 3.08. The minimum Gasteiger partial charge on any atom is -0.467 e. The maximum Gasteiger partial charge on any atom is 0.336 e. The molecule has 1 heterocycles. The Bertz CT molecular complexity index is 317. The second kappa shape index (κ2) is 6.15. The first kappa shape index (κ1) is 14.9. The lowest BCUT2D eigenvalue weighted by Gasteiger charge is -2.36. The van der Waals surface area contributed by atoms with E-state index in [1.165, 1.54) is 7.11 Å². The molecule has 0 spiro atoms. The molecule has 1 rings (SSSR count). The molecule has 1 saturated heterocycles. The lowest BCUT2D eigenvalue weighted by molar-refractivity contribution is -0.163. The maximum absolute atomic E-state index is 12.3. The van der Waals surface area contributed by atoms with E-state index in [2.05, 4.69) is 4.74 Å². The van der Waals surface area contributed by atoms with Crippen LogP contribution in [-0.2, 0) is 19.1 Å². The van der Waals surface area contributed by atoms with Gasteiger partial charge in [0.1, 0.15) is 0 Å². The summed E-state index contributed by atoms with van der Waals surface area (Å²) >= 11 is 0. The van der Waals surface area contributed by atoms with Crippen molar-refractivity contribution in [1.29, 1.82) is 0 Å². The molecule has 1 aliphatic heterocycles. The smallest absolute Gasteiger partial charge is 0.336 e. The number of esters is 1. The normalized spacial score (nSPS) is 23.3. The zero-order valence-electron chi connectivity index (χ0n) is 11.3. The van der Waals surface area contributed by atoms with Crippen LogP contribution in [0, 0.1) is 0 Å². The monoisotopic (exact) mass is 258 g/mol. The van der Waals surface area contributed by atoms with E-state index in [9.17, 15) is 9.59 Å². The molecule has 0 aliphatic carbocycles. The summed E-state index contributed by atoms with van der Waals surface area (Å²) in [4.78, 5) is 25.2. The zero-order valence-corrected chi connectivity index (χ0v) is 11.3. The first-order valence-electron chi connectivity index (χ1n) is 6.20. The van der Waals surface area contributed by atoms with E-state index in [0.717, 1.165) is 6.42 Å². The van der Waals surface area contributed by atoms with E-state index >= 15 is 0 Å². The van der Waals surface area contributed by atoms with Crippen LogP contribution in [0.5, 0.6) is 0 Å². The molecule has 18 heavy (non-hydrogen) atoms. The number of amides is 1. The van der Waals surface area contributed by atoms with Gasteiger partial charge in [0.05, 0.1) is 25.8 Å². The standard InChI is InChI=1S/C12H22N2O4/c1-4-5-12(2,13)11(16)14-6-7-18-9(8-14)10(15)17-3/h9H,4-8,13H2,1-3H3. The summed E-state index contributed by atoms with van der Waals surface area (Å²) in [5.74, 6) is -0.594. The van der Waals surface area contributed by atoms with Crippen LogP contribution in [0.3, 0.4) is 0 Å². The van der Waals surface area contributed by atoms with Crippen LogP contribution in [-0.4, -0.2) is 55.2 Å². The molecule has 2 atom stereocenters. The number of rotatable bonds is 4. The van der Waals surface area contributed by atoms with E-state index in [1.807, 2.05) is 6.92 Å². The van der Waals surface area contributed by atoms with Crippen LogP contribution >= 0.6 is 0 Å². The van der Waals surface area contributed by atoms with Gasteiger partial charge in [0.25, 0.3) is 0 Å². The van der Waals surface area contributed by atoms with Crippen molar-refractivity contribution in [3.8, 4) is 0 Å². The maximum atomic E-state index is 12.3. The Labute approximate surface area is 107 Å². The van der Waals surface area contributed by atoms with Gasteiger partial charge < -0.3 is 20.1 Å². The van der Waals surface area contributed by atoms with Crippen molar-refractivity contribution < 1.29 is 19.1 Å². The van der Waals surface area contributed by atoms with Crippen molar-refractivity contribution in [1.82, 2.24) is 4.90 Å². The second-order valence-corrected chi connectivity index (χ2v) is 4.80. The molecule has 1 amide bonds. The van der Waals surface area contributed by atoms with Gasteiger partial charge in [-0.2, -0.15) is 0 Å². The number of ether oxygens (including phenoxy) is 2. The van der Waals surface area contributed by atoms with Gasteiger partial charge in [-0.15, -0.1) is 0 Å². The highest BCUT2D eigenvalue weighted by atomic mass is 16.6. The Morgan fingerprint density at radius 1 is 1.56 bits per heavy atom. The number of morpholine rings is 1. The lowest BCUT2D eigenvalue weighted by atomic mass is 9.95. The largest absolute Gasteiger partial charge is 0.467 e. The summed E-state index contributed by atoms with van der Waals surface area (Å²) in [5, 5.41) is 0. The Morgan fingerprint density at radius 2 is 2.22 bits per heavy atom. The molecule has 6 nitrogen and oxygen atoms in total. The molecule has 1 fully saturated rings. The average molecular weight is 258 g/mol. The van der Waals surface area contributed by atoms with E-state index in [-0.39, 0.29) is 12.5 Å². The van der Waals surface area contributed by atoms with Gasteiger partial charge in [-0.05, 0) is 13.3 Å². The predicted molar refractivity (Wildman–Crippen MR) is 65.8 cm³/mol. The Kier molecular flexibility index (Phi) is 5.10. The van der Waals surface area contributed by atoms with Crippen molar-refractivity contribution in [3.63, 3.8) is 0 Å². The molecule has 0 saturated carbocycles. The highest BCUT2D eigenvalue weighted by Crippen LogP contribution is 2.16. The van der Waals surface area contributed by atoms with Gasteiger partial charge in [-0.3, -0.25) is 4.79 Å². The van der Waals surface area contributed by atoms with Crippen LogP contribution in [0.1, 0.15) is 26.7 Å². The van der Waals surface area contributed by atoms with Crippen LogP contribution in [0.4, 0.5) is 0 Å². The summed E-state index contributed by atoms with van der Waals surface area (Å²) in [6, 6.07) is 0. The zero-order chi connectivity index (χ0) is 13.8. The van der Waals surface area contributed by atoms with E-state index < -0.39 is 17.6 Å². The molecule has 0 aromatic carbocycles. The predicted octanol–water partition coefficient (Wildman–Crippen LogP) is -0.0957. The first-order chi connectivity index (χ1) is 8.42. The van der Waals surface area contributed by atoms with Crippen LogP contribution in [0.15, 0.2) is 0 Å². The Balaban J connectivity index is 2.66. The van der Waals surface area contributed by atoms with Crippen LogP contribution < -0.4 is 5.73 Å². The number of carbonyl (C=O) groups is 2. The fourth-order valence-electron chi connectivity index (χ4n) is 2.10. The van der Waals surface area contributed by atoms with Crippen molar-refractivity contribution in [3.05, 3.63) is 0 Å². The molecule has 0 aromatic rings. The lowest BCUT2D eigenvalue weighted by Crippen LogP contribution is -2.58. The van der Waals surface area contributed by atoms with Gasteiger partial charge in [-0.1, -0.05) is 13.3 Å².